The van der Waals surface area contributed by atoms with E-state index in [2.05, 4.69) is 30.9 Å². The predicted octanol–water partition coefficient (Wildman–Crippen LogP) is -0.196. The molecule has 8 heteroatoms. The van der Waals surface area contributed by atoms with Crippen LogP contribution in [0.15, 0.2) is 30.9 Å². The van der Waals surface area contributed by atoms with Crippen LogP contribution in [0.2, 0.25) is 0 Å². The number of carbonyl (C=O) groups is 1. The highest BCUT2D eigenvalue weighted by molar-refractivity contribution is 6.02. The minimum atomic E-state index is -0.393. The Morgan fingerprint density at radius 2 is 1.94 bits per heavy atom. The maximum atomic E-state index is 11.7. The van der Waals surface area contributed by atoms with Crippen LogP contribution in [0.5, 0.6) is 0 Å². The van der Waals surface area contributed by atoms with Gasteiger partial charge in [0.25, 0.3) is 5.91 Å². The molecule has 0 unspecified atom stereocenters. The molecule has 4 N–H and O–H groups in total. The number of hydrogen-bond donors (Lipinski definition) is 3. The van der Waals surface area contributed by atoms with Gasteiger partial charge in [-0.2, -0.15) is 0 Å². The van der Waals surface area contributed by atoms with Gasteiger partial charge < -0.3 is 10.7 Å². The second-order valence-corrected chi connectivity index (χ2v) is 3.03. The number of nitrogens with zero attached hydrogens (tertiary/aromatic N) is 4. The van der Waals surface area contributed by atoms with E-state index in [9.17, 15) is 4.79 Å². The molecule has 0 aromatic carbocycles. The minimum absolute atomic E-state index is 0.174. The van der Waals surface area contributed by atoms with Gasteiger partial charge in [0.1, 0.15) is 6.33 Å². The third-order valence-electron chi connectivity index (χ3n) is 1.86. The third-order valence-corrected chi connectivity index (χ3v) is 1.86. The van der Waals surface area contributed by atoms with E-state index in [1.54, 1.807) is 6.07 Å². The van der Waals surface area contributed by atoms with Crippen LogP contribution >= 0.6 is 0 Å². The minimum Gasteiger partial charge on any atom is -0.318 e. The molecule has 0 atom stereocenters. The van der Waals surface area contributed by atoms with Gasteiger partial charge in [-0.3, -0.25) is 4.79 Å². The van der Waals surface area contributed by atoms with E-state index in [-0.39, 0.29) is 5.69 Å². The van der Waals surface area contributed by atoms with Gasteiger partial charge in [0.05, 0.1) is 18.1 Å². The van der Waals surface area contributed by atoms with E-state index in [1.165, 1.54) is 24.8 Å². The molecule has 0 bridgehead atoms. The summed E-state index contributed by atoms with van der Waals surface area (Å²) in [6.45, 7) is 0. The Balaban J connectivity index is 2.09. The van der Waals surface area contributed by atoms with Gasteiger partial charge in [-0.15, -0.1) is 10.2 Å². The normalized spacial score (nSPS) is 9.71. The molecule has 2 aromatic heterocycles. The van der Waals surface area contributed by atoms with Gasteiger partial charge in [-0.25, -0.2) is 15.8 Å². The molecule has 0 spiro atoms. The molecular formula is C9H9N7O. The number of carbonyl (C=O) groups excluding carboxylic acids is 1. The Hall–Kier alpha value is -2.61. The molecular weight excluding hydrogens is 222 g/mol. The van der Waals surface area contributed by atoms with Crippen molar-refractivity contribution in [1.82, 2.24) is 20.2 Å². The second kappa shape index (κ2) is 4.94. The zero-order chi connectivity index (χ0) is 12.1. The summed E-state index contributed by atoms with van der Waals surface area (Å²) < 4.78 is 0. The van der Waals surface area contributed by atoms with E-state index < -0.39 is 5.91 Å². The highest BCUT2D eigenvalue weighted by Crippen LogP contribution is 2.05. The van der Waals surface area contributed by atoms with E-state index in [1.807, 2.05) is 0 Å². The molecule has 86 valence electrons. The number of rotatable bonds is 3. The molecule has 2 rings (SSSR count). The lowest BCUT2D eigenvalue weighted by molar-refractivity contribution is 0.102. The average molecular weight is 231 g/mol. The zero-order valence-electron chi connectivity index (χ0n) is 8.66. The van der Waals surface area contributed by atoms with Crippen LogP contribution in [0, 0.1) is 0 Å². The topological polar surface area (TPSA) is 119 Å². The molecule has 0 aliphatic carbocycles. The SMILES string of the molecule is NNc1ccc(C(=O)Nc2cncnc2)nn1. The lowest BCUT2D eigenvalue weighted by Gasteiger charge is -2.03. The number of anilines is 2. The molecule has 2 aromatic rings. The molecule has 0 aliphatic heterocycles. The molecule has 17 heavy (non-hydrogen) atoms. The first-order valence-corrected chi connectivity index (χ1v) is 4.66. The van der Waals surface area contributed by atoms with Crippen LogP contribution in [0.4, 0.5) is 11.5 Å². The van der Waals surface area contributed by atoms with Crippen LogP contribution in [-0.2, 0) is 0 Å². The summed E-state index contributed by atoms with van der Waals surface area (Å²) in [5.74, 6) is 5.12. The fourth-order valence-corrected chi connectivity index (χ4v) is 1.09. The van der Waals surface area contributed by atoms with Crippen LogP contribution < -0.4 is 16.6 Å². The van der Waals surface area contributed by atoms with Crippen LogP contribution in [-0.4, -0.2) is 26.1 Å². The lowest BCUT2D eigenvalue weighted by atomic mass is 10.3. The summed E-state index contributed by atoms with van der Waals surface area (Å²) in [6, 6.07) is 3.05. The Bertz CT molecular complexity index is 499. The van der Waals surface area contributed by atoms with Gasteiger partial charge in [0.15, 0.2) is 11.5 Å². The first-order chi connectivity index (χ1) is 8.29. The first kappa shape index (κ1) is 10.9. The Morgan fingerprint density at radius 3 is 2.53 bits per heavy atom. The van der Waals surface area contributed by atoms with Gasteiger partial charge in [0, 0.05) is 0 Å². The number of nitrogen functional groups attached to an aromatic ring is 1. The Labute approximate surface area is 96.3 Å². The average Bonchev–Trinajstić information content (AvgIpc) is 2.40. The molecule has 0 fully saturated rings. The largest absolute Gasteiger partial charge is 0.318 e. The number of aromatic nitrogens is 4. The van der Waals surface area contributed by atoms with E-state index in [0.29, 0.717) is 11.5 Å². The van der Waals surface area contributed by atoms with Crippen molar-refractivity contribution in [2.24, 2.45) is 5.84 Å². The molecule has 0 radical (unpaired) electrons. The molecule has 2 heterocycles. The molecule has 0 aliphatic rings. The molecule has 8 nitrogen and oxygen atoms in total. The summed E-state index contributed by atoms with van der Waals surface area (Å²) >= 11 is 0. The van der Waals surface area contributed by atoms with Crippen LogP contribution in [0.1, 0.15) is 10.5 Å². The quantitative estimate of drug-likeness (QED) is 0.494. The van der Waals surface area contributed by atoms with Gasteiger partial charge >= 0.3 is 0 Å². The van der Waals surface area contributed by atoms with Crippen molar-refractivity contribution in [3.05, 3.63) is 36.5 Å². The standard InChI is InChI=1S/C9H9N7O/c10-14-8-2-1-7(15-16-8)9(17)13-6-3-11-5-12-4-6/h1-5H,10H2,(H,13,17)(H,14,16). The second-order valence-electron chi connectivity index (χ2n) is 3.03. The van der Waals surface area contributed by atoms with E-state index in [4.69, 9.17) is 5.84 Å². The summed E-state index contributed by atoms with van der Waals surface area (Å²) in [7, 11) is 0. The van der Waals surface area contributed by atoms with E-state index >= 15 is 0 Å². The van der Waals surface area contributed by atoms with Gasteiger partial charge in [0.2, 0.25) is 0 Å². The predicted molar refractivity (Wildman–Crippen MR) is 59.8 cm³/mol. The van der Waals surface area contributed by atoms with Crippen LogP contribution in [0.3, 0.4) is 0 Å². The van der Waals surface area contributed by atoms with Crippen LogP contribution in [0.25, 0.3) is 0 Å². The summed E-state index contributed by atoms with van der Waals surface area (Å²) in [5, 5.41) is 9.96. The Kier molecular flexibility index (Phi) is 3.17. The highest BCUT2D eigenvalue weighted by Gasteiger charge is 2.08. The van der Waals surface area contributed by atoms with Crippen molar-refractivity contribution >= 4 is 17.4 Å². The molecule has 0 saturated heterocycles. The third kappa shape index (κ3) is 2.69. The Morgan fingerprint density at radius 1 is 1.18 bits per heavy atom. The van der Waals surface area contributed by atoms with Crippen molar-refractivity contribution in [1.29, 1.82) is 0 Å². The number of amides is 1. The summed E-state index contributed by atoms with van der Waals surface area (Å²) in [6.07, 6.45) is 4.33. The first-order valence-electron chi connectivity index (χ1n) is 4.66. The number of hydrogen-bond acceptors (Lipinski definition) is 7. The van der Waals surface area contributed by atoms with Crippen molar-refractivity contribution in [3.63, 3.8) is 0 Å². The highest BCUT2D eigenvalue weighted by atomic mass is 16.1. The van der Waals surface area contributed by atoms with Gasteiger partial charge in [-0.05, 0) is 12.1 Å². The smallest absolute Gasteiger partial charge is 0.276 e. The zero-order valence-corrected chi connectivity index (χ0v) is 8.66. The van der Waals surface area contributed by atoms with Crippen molar-refractivity contribution in [2.45, 2.75) is 0 Å². The molecule has 0 saturated carbocycles. The summed E-state index contributed by atoms with van der Waals surface area (Å²) in [4.78, 5) is 19.2. The number of nitrogens with two attached hydrogens (primary N) is 1. The fourth-order valence-electron chi connectivity index (χ4n) is 1.09. The summed E-state index contributed by atoms with van der Waals surface area (Å²) in [5.41, 5.74) is 2.98. The lowest BCUT2D eigenvalue weighted by Crippen LogP contribution is -2.16. The monoisotopic (exact) mass is 231 g/mol. The number of hydrazine groups is 1. The van der Waals surface area contributed by atoms with Gasteiger partial charge in [-0.1, -0.05) is 0 Å². The van der Waals surface area contributed by atoms with Crippen molar-refractivity contribution < 1.29 is 4.79 Å². The number of nitrogens with one attached hydrogen (secondary N) is 2. The molecule has 1 amide bonds. The fraction of sp³-hybridized carbons (Fsp3) is 0. The maximum absolute atomic E-state index is 11.7. The van der Waals surface area contributed by atoms with Crippen molar-refractivity contribution in [2.75, 3.05) is 10.7 Å². The van der Waals surface area contributed by atoms with Crippen molar-refractivity contribution in [3.8, 4) is 0 Å². The van der Waals surface area contributed by atoms with E-state index in [0.717, 1.165) is 0 Å². The maximum Gasteiger partial charge on any atom is 0.276 e.